The highest BCUT2D eigenvalue weighted by Gasteiger charge is 2.42. The molecule has 4 nitrogen and oxygen atoms in total. The van der Waals surface area contributed by atoms with Gasteiger partial charge in [-0.15, -0.1) is 0 Å². The number of nitrogens with zero attached hydrogens (tertiary/aromatic N) is 2. The fourth-order valence-corrected chi connectivity index (χ4v) is 2.53. The summed E-state index contributed by atoms with van der Waals surface area (Å²) in [4.78, 5) is 4.78. The second-order valence-electron chi connectivity index (χ2n) is 7.55. The lowest BCUT2D eigenvalue weighted by atomic mass is 9.80. The van der Waals surface area contributed by atoms with E-state index in [0.29, 0.717) is 12.1 Å². The smallest absolute Gasteiger partial charge is 0.423 e. The van der Waals surface area contributed by atoms with Crippen LogP contribution in [0.3, 0.4) is 0 Å². The van der Waals surface area contributed by atoms with Crippen LogP contribution in [0, 0.1) is 0 Å². The topological polar surface area (TPSA) is 66.2 Å². The molecule has 2 aromatic heterocycles. The van der Waals surface area contributed by atoms with Gasteiger partial charge in [0.15, 0.2) is 0 Å². The molecule has 0 bridgehead atoms. The average molecular weight is 743 g/mol. The lowest BCUT2D eigenvalue weighted by Gasteiger charge is -2.15. The minimum absolute atomic E-state index is 0.134. The van der Waals surface area contributed by atoms with Gasteiger partial charge >= 0.3 is 44.2 Å². The molecule has 0 saturated carbocycles. The summed E-state index contributed by atoms with van der Waals surface area (Å²) in [5, 5.41) is 15.8. The zero-order chi connectivity index (χ0) is 35.4. The summed E-state index contributed by atoms with van der Waals surface area (Å²) >= 11 is 2.56. The van der Waals surface area contributed by atoms with Crippen LogP contribution in [0.25, 0.3) is 5.57 Å². The van der Waals surface area contributed by atoms with Crippen LogP contribution in [0.2, 0.25) is 0 Å². The maximum atomic E-state index is 12.4. The zero-order valence-electron chi connectivity index (χ0n) is 20.3. The average Bonchev–Trinajstić information content (AvgIpc) is 2.79. The van der Waals surface area contributed by atoms with Crippen molar-refractivity contribution in [2.45, 2.75) is 37.1 Å². The van der Waals surface area contributed by atoms with E-state index in [0.717, 1.165) is 0 Å². The van der Waals surface area contributed by atoms with Crippen LogP contribution in [-0.2, 0) is 24.7 Å². The van der Waals surface area contributed by atoms with Crippen LogP contribution in [0.1, 0.15) is 28.3 Å². The number of hydrogen-bond acceptors (Lipinski definition) is 4. The van der Waals surface area contributed by atoms with E-state index in [4.69, 9.17) is 10.0 Å². The third-order valence-corrected chi connectivity index (χ3v) is 4.60. The maximum Gasteiger partial charge on any atom is 0.492 e. The van der Waals surface area contributed by atoms with E-state index in [1.165, 1.54) is 0 Å². The molecule has 44 heavy (non-hydrogen) atoms. The van der Waals surface area contributed by atoms with Crippen molar-refractivity contribution in [3.63, 3.8) is 0 Å². The van der Waals surface area contributed by atoms with Gasteiger partial charge in [-0.25, -0.2) is 9.97 Å². The van der Waals surface area contributed by atoms with Crippen LogP contribution in [0.15, 0.2) is 47.4 Å². The van der Waals surface area contributed by atoms with E-state index in [2.05, 4.69) is 39.1 Å². The number of aromatic nitrogens is 2. The molecule has 2 aromatic rings. The highest BCUT2D eigenvalue weighted by atomic mass is 79.9. The van der Waals surface area contributed by atoms with Crippen molar-refractivity contribution in [2.24, 2.45) is 0 Å². The van der Waals surface area contributed by atoms with Crippen molar-refractivity contribution in [3.8, 4) is 0 Å². The Balaban J connectivity index is 0.000000679. The summed E-state index contributed by atoms with van der Waals surface area (Å²) in [6.45, 7) is 4.86. The van der Waals surface area contributed by atoms with Crippen molar-refractivity contribution >= 4 is 28.6 Å². The van der Waals surface area contributed by atoms with Crippen molar-refractivity contribution in [1.29, 1.82) is 0 Å². The first-order valence-corrected chi connectivity index (χ1v) is 10.8. The Labute approximate surface area is 241 Å². The highest BCUT2D eigenvalue weighted by Crippen LogP contribution is 2.39. The molecule has 0 saturated heterocycles. The molecule has 2 heterocycles. The first kappa shape index (κ1) is 41.0. The fourth-order valence-electron chi connectivity index (χ4n) is 2.09. The Morgan fingerprint density at radius 2 is 0.818 bits per heavy atom. The first-order valence-electron chi connectivity index (χ1n) is 10.1. The van der Waals surface area contributed by atoms with Crippen molar-refractivity contribution in [2.75, 3.05) is 0 Å². The van der Waals surface area contributed by atoms with Crippen LogP contribution < -0.4 is 0 Å². The maximum absolute atomic E-state index is 12.4. The Hall–Kier alpha value is -3.02. The molecule has 0 aliphatic rings. The standard InChI is InChI=1S/C10H4F9N.C7H2BrF6N.C3H4BF3O2/c1-4(8(11,12)13)5-2-6(9(14,15)16)20-7(3-5)10(17,18)19;8-3-1-4(6(9,10)11)15-5(2-3)7(12,13)14;1-2(4(8)9)3(5,6)7/h2-3H,1H2;1-2H;8-9H,1H2. The predicted molar refractivity (Wildman–Crippen MR) is 117 cm³/mol. The third kappa shape index (κ3) is 13.3. The SMILES string of the molecule is C=C(B(O)O)C(F)(F)F.C=C(c1cc(C(F)(F)F)nc(C(F)(F)F)c1)C(F)(F)F.FC(F)(F)c1cc(Br)cc(C(F)(F)F)n1. The lowest BCUT2D eigenvalue weighted by Crippen LogP contribution is -2.26. The molecule has 2 N–H and O–H groups in total. The number of hydrogen-bond donors (Lipinski definition) is 2. The molecule has 0 aliphatic heterocycles. The molecule has 0 unspecified atom stereocenters. The van der Waals surface area contributed by atoms with Crippen molar-refractivity contribution in [3.05, 3.63) is 75.7 Å². The predicted octanol–water partition coefficient (Wildman–Crippen LogP) is 8.69. The molecule has 0 amide bonds. The largest absolute Gasteiger partial charge is 0.492 e. The van der Waals surface area contributed by atoms with Gasteiger partial charge in [0.1, 0.15) is 22.8 Å². The number of halogens is 19. The summed E-state index contributed by atoms with van der Waals surface area (Å²) in [7, 11) is -2.51. The summed E-state index contributed by atoms with van der Waals surface area (Å²) in [5.41, 5.74) is -12.0. The van der Waals surface area contributed by atoms with Gasteiger partial charge in [0.05, 0.1) is 11.0 Å². The monoisotopic (exact) mass is 742 g/mol. The van der Waals surface area contributed by atoms with Crippen molar-refractivity contribution < 1.29 is 89.1 Å². The lowest BCUT2D eigenvalue weighted by molar-refractivity contribution is -0.151. The van der Waals surface area contributed by atoms with Crippen LogP contribution in [0.5, 0.6) is 0 Å². The van der Waals surface area contributed by atoms with Gasteiger partial charge in [-0.1, -0.05) is 29.1 Å². The third-order valence-electron chi connectivity index (χ3n) is 4.14. The summed E-state index contributed by atoms with van der Waals surface area (Å²) in [6, 6.07) is 0.695. The molecule has 248 valence electrons. The summed E-state index contributed by atoms with van der Waals surface area (Å²) in [6.07, 6.45) is -30.3. The van der Waals surface area contributed by atoms with Crippen molar-refractivity contribution in [1.82, 2.24) is 9.97 Å². The fraction of sp³-hybridized carbons (Fsp3) is 0.300. The molecule has 0 fully saturated rings. The second kappa shape index (κ2) is 14.0. The highest BCUT2D eigenvalue weighted by molar-refractivity contribution is 9.10. The van der Waals surface area contributed by atoms with Gasteiger partial charge in [-0.05, 0) is 29.8 Å². The Morgan fingerprint density at radius 1 is 0.545 bits per heavy atom. The van der Waals surface area contributed by atoms with E-state index in [1.54, 1.807) is 0 Å². The Kier molecular flexibility index (Phi) is 13.0. The minimum atomic E-state index is -5.32. The van der Waals surface area contributed by atoms with Gasteiger partial charge in [0, 0.05) is 4.47 Å². The molecule has 2 rings (SSSR count). The van der Waals surface area contributed by atoms with Gasteiger partial charge in [-0.2, -0.15) is 79.0 Å². The number of pyridine rings is 2. The van der Waals surface area contributed by atoms with E-state index >= 15 is 0 Å². The molecule has 0 spiro atoms. The van der Waals surface area contributed by atoms with E-state index < -0.39 is 83.6 Å². The Bertz CT molecular complexity index is 1240. The normalized spacial score (nSPS) is 12.8. The molecule has 0 radical (unpaired) electrons. The number of rotatable bonds is 2. The molecular weight excluding hydrogens is 733 g/mol. The minimum Gasteiger partial charge on any atom is -0.423 e. The second-order valence-corrected chi connectivity index (χ2v) is 8.46. The van der Waals surface area contributed by atoms with E-state index in [-0.39, 0.29) is 16.6 Å². The number of allylic oxidation sites excluding steroid dienone is 2. The Morgan fingerprint density at radius 3 is 1.00 bits per heavy atom. The molecule has 0 aliphatic carbocycles. The molecule has 0 aromatic carbocycles. The molecule has 24 heteroatoms. The molecule has 0 atom stereocenters. The quantitative estimate of drug-likeness (QED) is 0.239. The first-order chi connectivity index (χ1) is 19.2. The summed E-state index contributed by atoms with van der Waals surface area (Å²) in [5.74, 6) is 0. The van der Waals surface area contributed by atoms with Crippen LogP contribution in [-0.4, -0.2) is 39.5 Å². The molecular formula is C20H10BBrF18N2O2. The van der Waals surface area contributed by atoms with Gasteiger partial charge in [-0.3, -0.25) is 0 Å². The van der Waals surface area contributed by atoms with Crippen LogP contribution >= 0.6 is 15.9 Å². The van der Waals surface area contributed by atoms with Gasteiger partial charge < -0.3 is 10.0 Å². The van der Waals surface area contributed by atoms with Gasteiger partial charge in [0.2, 0.25) is 0 Å². The summed E-state index contributed by atoms with van der Waals surface area (Å²) < 4.78 is 217. The number of alkyl halides is 18. The van der Waals surface area contributed by atoms with E-state index in [1.807, 2.05) is 0 Å². The zero-order valence-corrected chi connectivity index (χ0v) is 21.9. The van der Waals surface area contributed by atoms with Crippen LogP contribution in [0.4, 0.5) is 79.0 Å². The van der Waals surface area contributed by atoms with E-state index in [9.17, 15) is 79.0 Å². The van der Waals surface area contributed by atoms with Gasteiger partial charge in [0.25, 0.3) is 0 Å².